The predicted molar refractivity (Wildman–Crippen MR) is 39.6 cm³/mol. The number of hydrogen-bond acceptors (Lipinski definition) is 0. The molecule has 1 saturated carbocycles. The second-order valence-electron chi connectivity index (χ2n) is 4.61. The maximum atomic E-state index is 13.5. The highest BCUT2D eigenvalue weighted by Gasteiger charge is 3.08. The molecule has 0 radical (unpaired) electrons. The molecule has 1 fully saturated rings. The lowest BCUT2D eigenvalue weighted by molar-refractivity contribution is -0.524. The lowest BCUT2D eigenvalue weighted by Gasteiger charge is -2.55. The van der Waals surface area contributed by atoms with Crippen LogP contribution in [0.1, 0.15) is 0 Å². The minimum absolute atomic E-state index is 8.03. The number of hydrogen-bond donors (Lipinski definition) is 0. The highest BCUT2D eigenvalue weighted by molar-refractivity contribution is 5.33. The van der Waals surface area contributed by atoms with Crippen LogP contribution < -0.4 is 0 Å². The highest BCUT2D eigenvalue weighted by atomic mass is 19.4. The molecule has 144 valence electrons. The molecule has 24 heavy (non-hydrogen) atoms. The molecule has 0 amide bonds. The minimum atomic E-state index is -8.43. The fourth-order valence-electron chi connectivity index (χ4n) is 2.01. The molecular weight excluding hydrogens is 400 g/mol. The average Bonchev–Trinajstić information content (AvgIpc) is 2.31. The Bertz CT molecular complexity index is 475. The number of rotatable bonds is 0. The Hall–Kier alpha value is -1.12. The van der Waals surface area contributed by atoms with E-state index >= 15 is 0 Å². The van der Waals surface area contributed by atoms with Crippen molar-refractivity contribution < 1.29 is 70.2 Å². The summed E-state index contributed by atoms with van der Waals surface area (Å²) in [6, 6.07) is 0. The molecular formula is C8F16. The molecule has 0 saturated heterocycles. The van der Waals surface area contributed by atoms with Gasteiger partial charge in [0.15, 0.2) is 0 Å². The lowest BCUT2D eigenvalue weighted by Crippen LogP contribution is -2.90. The van der Waals surface area contributed by atoms with E-state index in [4.69, 9.17) is 0 Å². The Kier molecular flexibility index (Phi) is 3.78. The van der Waals surface area contributed by atoms with Crippen LogP contribution in [0, 0.1) is 0 Å². The topological polar surface area (TPSA) is 0 Å². The van der Waals surface area contributed by atoms with Crippen LogP contribution in [0.15, 0.2) is 0 Å². The smallest absolute Gasteiger partial charge is 0.222 e. The van der Waals surface area contributed by atoms with Crippen molar-refractivity contribution in [2.45, 2.75) is 47.4 Å². The van der Waals surface area contributed by atoms with Crippen LogP contribution >= 0.6 is 0 Å². The highest BCUT2D eigenvalue weighted by Crippen LogP contribution is 2.74. The summed E-state index contributed by atoms with van der Waals surface area (Å²) in [4.78, 5) is 0. The summed E-state index contributed by atoms with van der Waals surface area (Å²) in [5.74, 6) is -32.6. The first-order valence-corrected chi connectivity index (χ1v) is 5.02. The molecule has 0 aromatic heterocycles. The van der Waals surface area contributed by atoms with E-state index < -0.39 is 47.4 Å². The van der Waals surface area contributed by atoms with Gasteiger partial charge in [-0.3, -0.25) is 0 Å². The average molecular weight is 400 g/mol. The summed E-state index contributed by atoms with van der Waals surface area (Å²) >= 11 is 0. The fourth-order valence-corrected chi connectivity index (χ4v) is 2.01. The first-order valence-electron chi connectivity index (χ1n) is 5.02. The SMILES string of the molecule is FC(F)(F)C1(F)C(F)(F)C(F)(F)C(F)(F)C(F)(F)C1(F)C(F)(F)F. The normalized spacial score (nSPS) is 38.0. The second kappa shape index (κ2) is 4.34. The van der Waals surface area contributed by atoms with Crippen LogP contribution in [0.2, 0.25) is 0 Å². The van der Waals surface area contributed by atoms with E-state index in [1.165, 1.54) is 0 Å². The van der Waals surface area contributed by atoms with Crippen LogP contribution in [-0.2, 0) is 0 Å². The molecule has 0 N–H and O–H groups in total. The van der Waals surface area contributed by atoms with Crippen molar-refractivity contribution in [2.24, 2.45) is 0 Å². The lowest BCUT2D eigenvalue weighted by atomic mass is 9.64. The van der Waals surface area contributed by atoms with Crippen molar-refractivity contribution in [3.8, 4) is 0 Å². The number of alkyl halides is 16. The number of halogens is 16. The molecule has 0 aromatic rings. The first kappa shape index (κ1) is 20.9. The summed E-state index contributed by atoms with van der Waals surface area (Å²) in [6.45, 7) is 0. The molecule has 2 atom stereocenters. The standard InChI is InChI=1S/C8F16/c9-1(7(19,20)21)2(10,8(22,23)24)4(13,14)6(17,18)5(15,16)3(1,11)12. The Morgan fingerprint density at radius 3 is 0.625 bits per heavy atom. The molecule has 2 unspecified atom stereocenters. The van der Waals surface area contributed by atoms with Gasteiger partial charge in [-0.15, -0.1) is 0 Å². The van der Waals surface area contributed by atoms with Gasteiger partial charge in [0.05, 0.1) is 0 Å². The van der Waals surface area contributed by atoms with E-state index in [9.17, 15) is 70.2 Å². The van der Waals surface area contributed by atoms with Crippen LogP contribution in [-0.4, -0.2) is 47.4 Å². The van der Waals surface area contributed by atoms with Crippen LogP contribution in [0.25, 0.3) is 0 Å². The van der Waals surface area contributed by atoms with Gasteiger partial charge >= 0.3 is 47.4 Å². The van der Waals surface area contributed by atoms with Crippen LogP contribution in [0.4, 0.5) is 70.2 Å². The quantitative estimate of drug-likeness (QED) is 0.498. The van der Waals surface area contributed by atoms with Gasteiger partial charge in [0.2, 0.25) is 0 Å². The van der Waals surface area contributed by atoms with Gasteiger partial charge in [0.1, 0.15) is 0 Å². The van der Waals surface area contributed by atoms with Crippen LogP contribution in [0.3, 0.4) is 0 Å². The summed E-state index contributed by atoms with van der Waals surface area (Å²) in [5.41, 5.74) is -16.9. The molecule has 1 rings (SSSR count). The van der Waals surface area contributed by atoms with Crippen LogP contribution in [0.5, 0.6) is 0 Å². The van der Waals surface area contributed by atoms with E-state index in [1.54, 1.807) is 0 Å². The molecule has 0 spiro atoms. The van der Waals surface area contributed by atoms with Crippen molar-refractivity contribution >= 4 is 0 Å². The molecule has 0 aromatic carbocycles. The van der Waals surface area contributed by atoms with Crippen molar-refractivity contribution in [3.63, 3.8) is 0 Å². The van der Waals surface area contributed by atoms with E-state index in [1.807, 2.05) is 0 Å². The molecule has 16 heteroatoms. The third-order valence-electron chi connectivity index (χ3n) is 3.30. The zero-order chi connectivity index (χ0) is 20.0. The van der Waals surface area contributed by atoms with Gasteiger partial charge in [-0.2, -0.15) is 61.5 Å². The predicted octanol–water partition coefficient (Wildman–Crippen LogP) is 5.08. The molecule has 0 heterocycles. The van der Waals surface area contributed by atoms with E-state index in [0.29, 0.717) is 0 Å². The molecule has 0 nitrogen and oxygen atoms in total. The van der Waals surface area contributed by atoms with Gasteiger partial charge in [-0.1, -0.05) is 0 Å². The van der Waals surface area contributed by atoms with Crippen molar-refractivity contribution in [3.05, 3.63) is 0 Å². The Labute approximate surface area is 119 Å². The third-order valence-corrected chi connectivity index (χ3v) is 3.30. The van der Waals surface area contributed by atoms with Crippen molar-refractivity contribution in [1.82, 2.24) is 0 Å². The zero-order valence-corrected chi connectivity index (χ0v) is 10.0. The summed E-state index contributed by atoms with van der Waals surface area (Å²) in [7, 11) is 0. The van der Waals surface area contributed by atoms with Gasteiger partial charge < -0.3 is 0 Å². The molecule has 1 aliphatic rings. The van der Waals surface area contributed by atoms with E-state index in [2.05, 4.69) is 0 Å². The van der Waals surface area contributed by atoms with Gasteiger partial charge in [0, 0.05) is 0 Å². The van der Waals surface area contributed by atoms with E-state index in [0.717, 1.165) is 0 Å². The van der Waals surface area contributed by atoms with E-state index in [-0.39, 0.29) is 0 Å². The van der Waals surface area contributed by atoms with Gasteiger partial charge in [0.25, 0.3) is 0 Å². The Morgan fingerprint density at radius 1 is 0.333 bits per heavy atom. The third kappa shape index (κ3) is 1.64. The zero-order valence-electron chi connectivity index (χ0n) is 10.0. The maximum Gasteiger partial charge on any atom is 0.432 e. The Morgan fingerprint density at radius 2 is 0.500 bits per heavy atom. The van der Waals surface area contributed by atoms with Gasteiger partial charge in [-0.25, -0.2) is 8.78 Å². The van der Waals surface area contributed by atoms with Crippen molar-refractivity contribution in [2.75, 3.05) is 0 Å². The fraction of sp³-hybridized carbons (Fsp3) is 1.00. The molecule has 0 bridgehead atoms. The van der Waals surface area contributed by atoms with Crippen molar-refractivity contribution in [1.29, 1.82) is 0 Å². The Balaban J connectivity index is 4.18. The summed E-state index contributed by atoms with van der Waals surface area (Å²) in [6.07, 6.45) is -16.2. The first-order chi connectivity index (χ1) is 10.0. The molecule has 0 aliphatic heterocycles. The summed E-state index contributed by atoms with van der Waals surface area (Å²) < 4.78 is 204. The summed E-state index contributed by atoms with van der Waals surface area (Å²) in [5, 5.41) is 0. The molecule has 1 aliphatic carbocycles. The monoisotopic (exact) mass is 400 g/mol. The van der Waals surface area contributed by atoms with Gasteiger partial charge in [-0.05, 0) is 0 Å². The largest absolute Gasteiger partial charge is 0.432 e. The maximum absolute atomic E-state index is 13.5. The minimum Gasteiger partial charge on any atom is -0.222 e. The second-order valence-corrected chi connectivity index (χ2v) is 4.61.